The summed E-state index contributed by atoms with van der Waals surface area (Å²) < 4.78 is 0. The molecule has 0 atom stereocenters. The Morgan fingerprint density at radius 3 is 1.80 bits per heavy atom. The summed E-state index contributed by atoms with van der Waals surface area (Å²) in [4.78, 5) is 0. The van der Waals surface area contributed by atoms with E-state index in [1.165, 1.54) is 64.2 Å². The summed E-state index contributed by atoms with van der Waals surface area (Å²) in [5.41, 5.74) is 2.02. The molecular weight excluding hydrogens is 240 g/mol. The van der Waals surface area contributed by atoms with Crippen LogP contribution in [-0.4, -0.2) is 0 Å². The lowest BCUT2D eigenvalue weighted by Crippen LogP contribution is -2.26. The van der Waals surface area contributed by atoms with E-state index in [2.05, 4.69) is 51.1 Å². The Labute approximate surface area is 127 Å². The van der Waals surface area contributed by atoms with Crippen molar-refractivity contribution < 1.29 is 0 Å². The quantitative estimate of drug-likeness (QED) is 0.386. The van der Waals surface area contributed by atoms with Gasteiger partial charge in [-0.2, -0.15) is 0 Å². The molecule has 0 nitrogen and oxygen atoms in total. The molecule has 1 aromatic carbocycles. The van der Waals surface area contributed by atoms with Gasteiger partial charge in [-0.05, 0) is 30.2 Å². The maximum Gasteiger partial charge on any atom is -0.00472 e. The molecule has 0 unspecified atom stereocenters. The Morgan fingerprint density at radius 1 is 0.650 bits per heavy atom. The maximum atomic E-state index is 2.36. The fourth-order valence-electron chi connectivity index (χ4n) is 3.62. The standard InChI is InChI=1S/C20H34/c1-4-7-8-9-13-18-20(16-5-2,17-6-3)19-14-11-10-12-15-19/h10-12,14-15H,4-9,13,16-18H2,1-3H3. The highest BCUT2D eigenvalue weighted by Gasteiger charge is 2.29. The average molecular weight is 274 g/mol. The van der Waals surface area contributed by atoms with Crippen LogP contribution in [-0.2, 0) is 5.41 Å². The molecule has 1 rings (SSSR count). The van der Waals surface area contributed by atoms with Gasteiger partial charge in [-0.15, -0.1) is 0 Å². The van der Waals surface area contributed by atoms with E-state index in [1.54, 1.807) is 5.56 Å². The van der Waals surface area contributed by atoms with Crippen molar-refractivity contribution in [3.63, 3.8) is 0 Å². The Bertz CT molecular complexity index is 319. The maximum absolute atomic E-state index is 2.36. The fourth-order valence-corrected chi connectivity index (χ4v) is 3.62. The number of benzene rings is 1. The van der Waals surface area contributed by atoms with Crippen molar-refractivity contribution in [2.24, 2.45) is 0 Å². The van der Waals surface area contributed by atoms with Crippen LogP contribution < -0.4 is 0 Å². The van der Waals surface area contributed by atoms with Crippen LogP contribution in [0.2, 0.25) is 0 Å². The van der Waals surface area contributed by atoms with Crippen molar-refractivity contribution in [1.82, 2.24) is 0 Å². The van der Waals surface area contributed by atoms with Crippen molar-refractivity contribution >= 4 is 0 Å². The smallest absolute Gasteiger partial charge is 0.00472 e. The van der Waals surface area contributed by atoms with Gasteiger partial charge in [-0.1, -0.05) is 96.0 Å². The predicted molar refractivity (Wildman–Crippen MR) is 91.3 cm³/mol. The first-order valence-corrected chi connectivity index (χ1v) is 8.84. The summed E-state index contributed by atoms with van der Waals surface area (Å²) in [5.74, 6) is 0. The zero-order valence-corrected chi connectivity index (χ0v) is 14.0. The van der Waals surface area contributed by atoms with Crippen molar-refractivity contribution in [3.8, 4) is 0 Å². The predicted octanol–water partition coefficient (Wildman–Crippen LogP) is 6.89. The van der Waals surface area contributed by atoms with Crippen LogP contribution in [0.25, 0.3) is 0 Å². The minimum Gasteiger partial charge on any atom is -0.0654 e. The van der Waals surface area contributed by atoms with E-state index in [-0.39, 0.29) is 0 Å². The molecule has 0 aromatic heterocycles. The molecule has 0 amide bonds. The van der Waals surface area contributed by atoms with Crippen LogP contribution in [0.1, 0.15) is 90.5 Å². The van der Waals surface area contributed by atoms with Crippen LogP contribution in [0.4, 0.5) is 0 Å². The van der Waals surface area contributed by atoms with Gasteiger partial charge in [0.25, 0.3) is 0 Å². The Morgan fingerprint density at radius 2 is 1.25 bits per heavy atom. The largest absolute Gasteiger partial charge is 0.0654 e. The lowest BCUT2D eigenvalue weighted by atomic mass is 9.70. The normalized spacial score (nSPS) is 11.8. The second kappa shape index (κ2) is 10.0. The van der Waals surface area contributed by atoms with E-state index in [1.807, 2.05) is 0 Å². The SMILES string of the molecule is CCCCCCCC(CCC)(CCC)c1ccccc1. The highest BCUT2D eigenvalue weighted by molar-refractivity contribution is 5.25. The van der Waals surface area contributed by atoms with Crippen molar-refractivity contribution in [3.05, 3.63) is 35.9 Å². The van der Waals surface area contributed by atoms with Crippen LogP contribution in [0.3, 0.4) is 0 Å². The molecule has 0 bridgehead atoms. The molecule has 0 heterocycles. The van der Waals surface area contributed by atoms with Gasteiger partial charge in [0.05, 0.1) is 0 Å². The summed E-state index contributed by atoms with van der Waals surface area (Å²) in [5, 5.41) is 0. The first-order chi connectivity index (χ1) is 9.79. The molecule has 0 aliphatic heterocycles. The van der Waals surface area contributed by atoms with Crippen molar-refractivity contribution in [1.29, 1.82) is 0 Å². The average Bonchev–Trinajstić information content (AvgIpc) is 2.48. The highest BCUT2D eigenvalue weighted by atomic mass is 14.3. The molecule has 0 aliphatic carbocycles. The summed E-state index contributed by atoms with van der Waals surface area (Å²) in [6.45, 7) is 6.97. The minimum absolute atomic E-state index is 0.441. The molecule has 0 aliphatic rings. The van der Waals surface area contributed by atoms with Gasteiger partial charge in [-0.25, -0.2) is 0 Å². The van der Waals surface area contributed by atoms with Gasteiger partial charge >= 0.3 is 0 Å². The van der Waals surface area contributed by atoms with E-state index in [4.69, 9.17) is 0 Å². The monoisotopic (exact) mass is 274 g/mol. The van der Waals surface area contributed by atoms with Crippen LogP contribution in [0.15, 0.2) is 30.3 Å². The zero-order valence-electron chi connectivity index (χ0n) is 14.0. The molecule has 114 valence electrons. The zero-order chi connectivity index (χ0) is 14.7. The Balaban J connectivity index is 2.72. The van der Waals surface area contributed by atoms with Gasteiger partial charge in [0, 0.05) is 0 Å². The van der Waals surface area contributed by atoms with Gasteiger partial charge in [-0.3, -0.25) is 0 Å². The Kier molecular flexibility index (Phi) is 8.65. The van der Waals surface area contributed by atoms with E-state index >= 15 is 0 Å². The number of hydrogen-bond acceptors (Lipinski definition) is 0. The summed E-state index contributed by atoms with van der Waals surface area (Å²) in [6, 6.07) is 11.3. The van der Waals surface area contributed by atoms with E-state index in [0.29, 0.717) is 5.41 Å². The van der Waals surface area contributed by atoms with Gasteiger partial charge in [0.1, 0.15) is 0 Å². The van der Waals surface area contributed by atoms with Gasteiger partial charge in [0.2, 0.25) is 0 Å². The molecular formula is C20H34. The van der Waals surface area contributed by atoms with E-state index in [9.17, 15) is 0 Å². The van der Waals surface area contributed by atoms with Crippen molar-refractivity contribution in [2.75, 3.05) is 0 Å². The number of rotatable bonds is 11. The molecule has 20 heavy (non-hydrogen) atoms. The van der Waals surface area contributed by atoms with Gasteiger partial charge < -0.3 is 0 Å². The van der Waals surface area contributed by atoms with E-state index < -0.39 is 0 Å². The lowest BCUT2D eigenvalue weighted by molar-refractivity contribution is 0.317. The third-order valence-electron chi connectivity index (χ3n) is 4.60. The molecule has 0 saturated carbocycles. The minimum atomic E-state index is 0.441. The third-order valence-corrected chi connectivity index (χ3v) is 4.60. The molecule has 1 aromatic rings. The Hall–Kier alpha value is -0.780. The first kappa shape index (κ1) is 17.3. The second-order valence-corrected chi connectivity index (χ2v) is 6.31. The lowest BCUT2D eigenvalue weighted by Gasteiger charge is -2.34. The number of unbranched alkanes of at least 4 members (excludes halogenated alkanes) is 4. The molecule has 0 fully saturated rings. The first-order valence-electron chi connectivity index (χ1n) is 8.84. The fraction of sp³-hybridized carbons (Fsp3) is 0.700. The molecule has 0 spiro atoms. The summed E-state index contributed by atoms with van der Waals surface area (Å²) in [7, 11) is 0. The number of hydrogen-bond donors (Lipinski definition) is 0. The summed E-state index contributed by atoms with van der Waals surface area (Å²) >= 11 is 0. The molecule has 0 heteroatoms. The molecule has 0 radical (unpaired) electrons. The van der Waals surface area contributed by atoms with Crippen molar-refractivity contribution in [2.45, 2.75) is 90.4 Å². The summed E-state index contributed by atoms with van der Waals surface area (Å²) in [6.07, 6.45) is 13.6. The van der Waals surface area contributed by atoms with Crippen LogP contribution >= 0.6 is 0 Å². The van der Waals surface area contributed by atoms with Crippen LogP contribution in [0.5, 0.6) is 0 Å². The second-order valence-electron chi connectivity index (χ2n) is 6.31. The molecule has 0 saturated heterocycles. The van der Waals surface area contributed by atoms with Crippen LogP contribution in [0, 0.1) is 0 Å². The third kappa shape index (κ3) is 5.31. The van der Waals surface area contributed by atoms with E-state index in [0.717, 1.165) is 0 Å². The topological polar surface area (TPSA) is 0 Å². The highest BCUT2D eigenvalue weighted by Crippen LogP contribution is 2.39. The molecule has 0 N–H and O–H groups in total. The van der Waals surface area contributed by atoms with Gasteiger partial charge in [0.15, 0.2) is 0 Å².